The lowest BCUT2D eigenvalue weighted by molar-refractivity contribution is -0.140. The van der Waals surface area contributed by atoms with Gasteiger partial charge < -0.3 is 14.0 Å². The Morgan fingerprint density at radius 2 is 1.76 bits per heavy atom. The zero-order valence-electron chi connectivity index (χ0n) is 18.8. The van der Waals surface area contributed by atoms with Crippen molar-refractivity contribution in [2.75, 3.05) is 7.11 Å². The second-order valence-electron chi connectivity index (χ2n) is 7.54. The minimum atomic E-state index is -3.99. The van der Waals surface area contributed by atoms with Gasteiger partial charge >= 0.3 is 16.2 Å². The Hall–Kier alpha value is -3.99. The summed E-state index contributed by atoms with van der Waals surface area (Å²) in [6.45, 7) is 3.12. The zero-order valence-corrected chi connectivity index (χ0v) is 19.6. The van der Waals surface area contributed by atoms with E-state index in [0.717, 1.165) is 15.4 Å². The van der Waals surface area contributed by atoms with Crippen LogP contribution in [0.25, 0.3) is 11.4 Å². The van der Waals surface area contributed by atoms with Crippen molar-refractivity contribution in [3.05, 3.63) is 77.3 Å². The standard InChI is InChI=1S/C23H22N4O6S/c1-15-4-8-18(9-5-15)22-24-21(33-25-22)14-32-23(28)20-13-27(34(29,30)26-16(20)2)12-17-6-10-19(31-3)11-7-17/h4-11,13H,12,14H2,1-3H3. The molecule has 2 aromatic carbocycles. The molecule has 10 nitrogen and oxygen atoms in total. The lowest BCUT2D eigenvalue weighted by atomic mass is 10.1. The number of aromatic nitrogens is 2. The minimum absolute atomic E-state index is 0.0105. The first kappa shape index (κ1) is 23.2. The van der Waals surface area contributed by atoms with Crippen LogP contribution in [-0.4, -0.2) is 41.7 Å². The van der Waals surface area contributed by atoms with E-state index in [-0.39, 0.29) is 30.3 Å². The van der Waals surface area contributed by atoms with E-state index >= 15 is 0 Å². The molecule has 3 aromatic rings. The molecular formula is C23H22N4O6S. The number of benzene rings is 2. The van der Waals surface area contributed by atoms with E-state index in [1.54, 1.807) is 31.4 Å². The van der Waals surface area contributed by atoms with Gasteiger partial charge in [-0.25, -0.2) is 4.79 Å². The van der Waals surface area contributed by atoms with Crippen molar-refractivity contribution in [3.8, 4) is 17.1 Å². The summed E-state index contributed by atoms with van der Waals surface area (Å²) in [7, 11) is -2.44. The average Bonchev–Trinajstić information content (AvgIpc) is 3.29. The molecule has 0 atom stereocenters. The summed E-state index contributed by atoms with van der Waals surface area (Å²) in [5.41, 5.74) is 2.60. The number of carbonyl (C=O) groups is 1. The summed E-state index contributed by atoms with van der Waals surface area (Å²) < 4.78 is 45.3. The van der Waals surface area contributed by atoms with Crippen molar-refractivity contribution >= 4 is 21.9 Å². The van der Waals surface area contributed by atoms with Gasteiger partial charge in [-0.3, -0.25) is 4.31 Å². The van der Waals surface area contributed by atoms with Crippen molar-refractivity contribution in [2.45, 2.75) is 27.0 Å². The first-order chi connectivity index (χ1) is 16.2. The monoisotopic (exact) mass is 482 g/mol. The van der Waals surface area contributed by atoms with Crippen LogP contribution in [0.1, 0.15) is 23.9 Å². The summed E-state index contributed by atoms with van der Waals surface area (Å²) in [6, 6.07) is 14.5. The second-order valence-corrected chi connectivity index (χ2v) is 9.09. The molecule has 0 amide bonds. The van der Waals surface area contributed by atoms with Crippen LogP contribution in [0.4, 0.5) is 0 Å². The lowest BCUT2D eigenvalue weighted by Crippen LogP contribution is -2.31. The fourth-order valence-corrected chi connectivity index (χ4v) is 4.26. The topological polar surface area (TPSA) is 124 Å². The molecule has 0 N–H and O–H groups in total. The number of esters is 1. The van der Waals surface area contributed by atoms with Crippen LogP contribution in [0.5, 0.6) is 5.75 Å². The fourth-order valence-electron chi connectivity index (χ4n) is 3.16. The molecule has 176 valence electrons. The van der Waals surface area contributed by atoms with Crippen molar-refractivity contribution in [2.24, 2.45) is 4.40 Å². The number of carbonyl (C=O) groups excluding carboxylic acids is 1. The molecule has 0 bridgehead atoms. The normalized spacial score (nSPS) is 14.9. The van der Waals surface area contributed by atoms with Crippen molar-refractivity contribution in [3.63, 3.8) is 0 Å². The quantitative estimate of drug-likeness (QED) is 0.470. The Bertz CT molecular complexity index is 1360. The van der Waals surface area contributed by atoms with Crippen LogP contribution in [-0.2, 0) is 32.9 Å². The SMILES string of the molecule is COc1ccc(CN2C=C(C(=O)OCc3nc(-c4ccc(C)cc4)no3)C(C)=NS2(=O)=O)cc1. The number of rotatable bonds is 7. The highest BCUT2D eigenvalue weighted by atomic mass is 32.2. The molecule has 4 rings (SSSR count). The Balaban J connectivity index is 1.46. The minimum Gasteiger partial charge on any atom is -0.497 e. The first-order valence-corrected chi connectivity index (χ1v) is 11.6. The van der Waals surface area contributed by atoms with Gasteiger partial charge in [0.1, 0.15) is 5.75 Å². The van der Waals surface area contributed by atoms with Gasteiger partial charge in [-0.2, -0.15) is 13.4 Å². The highest BCUT2D eigenvalue weighted by Gasteiger charge is 2.29. The van der Waals surface area contributed by atoms with E-state index < -0.39 is 16.2 Å². The smallest absolute Gasteiger partial charge is 0.344 e. The van der Waals surface area contributed by atoms with Crippen LogP contribution in [0.15, 0.2) is 69.2 Å². The molecule has 0 spiro atoms. The van der Waals surface area contributed by atoms with Crippen molar-refractivity contribution in [1.82, 2.24) is 14.4 Å². The maximum Gasteiger partial charge on any atom is 0.344 e. The molecule has 34 heavy (non-hydrogen) atoms. The lowest BCUT2D eigenvalue weighted by Gasteiger charge is -2.23. The highest BCUT2D eigenvalue weighted by molar-refractivity contribution is 7.88. The van der Waals surface area contributed by atoms with Crippen LogP contribution < -0.4 is 4.74 Å². The summed E-state index contributed by atoms with van der Waals surface area (Å²) in [5, 5.41) is 3.90. The molecule has 0 saturated heterocycles. The maximum absolute atomic E-state index is 12.7. The van der Waals surface area contributed by atoms with E-state index in [4.69, 9.17) is 14.0 Å². The third kappa shape index (κ3) is 5.15. The molecule has 0 radical (unpaired) electrons. The first-order valence-electron chi connectivity index (χ1n) is 10.3. The third-order valence-electron chi connectivity index (χ3n) is 5.03. The van der Waals surface area contributed by atoms with Gasteiger partial charge in [-0.1, -0.05) is 47.1 Å². The largest absolute Gasteiger partial charge is 0.497 e. The van der Waals surface area contributed by atoms with Gasteiger partial charge in [-0.05, 0) is 31.5 Å². The summed E-state index contributed by atoms with van der Waals surface area (Å²) >= 11 is 0. The van der Waals surface area contributed by atoms with Gasteiger partial charge in [0, 0.05) is 11.8 Å². The van der Waals surface area contributed by atoms with E-state index in [1.165, 1.54) is 13.1 Å². The van der Waals surface area contributed by atoms with Gasteiger partial charge in [0.05, 0.1) is 24.9 Å². The van der Waals surface area contributed by atoms with Crippen LogP contribution in [0, 0.1) is 6.92 Å². The van der Waals surface area contributed by atoms with E-state index in [1.807, 2.05) is 31.2 Å². The number of aryl methyl sites for hydroxylation is 1. The van der Waals surface area contributed by atoms with E-state index in [0.29, 0.717) is 17.1 Å². The molecule has 0 aliphatic carbocycles. The number of nitrogens with zero attached hydrogens (tertiary/aromatic N) is 4. The summed E-state index contributed by atoms with van der Waals surface area (Å²) in [5.74, 6) is 0.367. The third-order valence-corrected chi connectivity index (χ3v) is 6.37. The number of ether oxygens (including phenoxy) is 2. The van der Waals surface area contributed by atoms with E-state index in [9.17, 15) is 13.2 Å². The Labute approximate surface area is 196 Å². The van der Waals surface area contributed by atoms with Crippen molar-refractivity contribution in [1.29, 1.82) is 0 Å². The predicted molar refractivity (Wildman–Crippen MR) is 123 cm³/mol. The molecular weight excluding hydrogens is 460 g/mol. The number of methoxy groups -OCH3 is 1. The Morgan fingerprint density at radius 1 is 1.06 bits per heavy atom. The maximum atomic E-state index is 12.7. The molecule has 1 aromatic heterocycles. The van der Waals surface area contributed by atoms with E-state index in [2.05, 4.69) is 14.5 Å². The molecule has 0 fully saturated rings. The molecule has 11 heteroatoms. The average molecular weight is 483 g/mol. The summed E-state index contributed by atoms with van der Waals surface area (Å²) in [4.78, 5) is 16.9. The summed E-state index contributed by atoms with van der Waals surface area (Å²) in [6.07, 6.45) is 1.22. The molecule has 0 unspecified atom stereocenters. The van der Waals surface area contributed by atoms with Gasteiger partial charge in [0.25, 0.3) is 5.89 Å². The molecule has 2 heterocycles. The predicted octanol–water partition coefficient (Wildman–Crippen LogP) is 3.20. The zero-order chi connectivity index (χ0) is 24.3. The van der Waals surface area contributed by atoms with Gasteiger partial charge in [0.15, 0.2) is 6.61 Å². The van der Waals surface area contributed by atoms with Crippen molar-refractivity contribution < 1.29 is 27.2 Å². The Kier molecular flexibility index (Phi) is 6.46. The van der Waals surface area contributed by atoms with Gasteiger partial charge in [-0.15, -0.1) is 4.40 Å². The highest BCUT2D eigenvalue weighted by Crippen LogP contribution is 2.22. The van der Waals surface area contributed by atoms with Crippen LogP contribution >= 0.6 is 0 Å². The van der Waals surface area contributed by atoms with Gasteiger partial charge in [0.2, 0.25) is 5.82 Å². The fraction of sp³-hybridized carbons (Fsp3) is 0.217. The molecule has 1 aliphatic heterocycles. The Morgan fingerprint density at radius 3 is 2.44 bits per heavy atom. The molecule has 0 saturated carbocycles. The van der Waals surface area contributed by atoms with Crippen LogP contribution in [0.3, 0.4) is 0 Å². The number of hydrogen-bond donors (Lipinski definition) is 0. The molecule has 1 aliphatic rings. The second kappa shape index (κ2) is 9.48. The van der Waals surface area contributed by atoms with Crippen LogP contribution in [0.2, 0.25) is 0 Å². The number of hydrogen-bond acceptors (Lipinski definition) is 8.